The monoisotopic (exact) mass is 294 g/mol. The van der Waals surface area contributed by atoms with Crippen LogP contribution in [0.25, 0.3) is 0 Å². The molecule has 0 saturated carbocycles. The molecule has 5 heteroatoms. The molecule has 0 amide bonds. The molecule has 0 bridgehead atoms. The van der Waals surface area contributed by atoms with E-state index in [1.165, 1.54) is 24.3 Å². The Morgan fingerprint density at radius 3 is 2.45 bits per heavy atom. The standard InChI is InChI=1S/C15H12ClFO3/c1-10-8-13(6-7-14(10)16)19-9-15(18)20-12-4-2-11(17)3-5-12/h2-8H,9H2,1H3. The highest BCUT2D eigenvalue weighted by atomic mass is 35.5. The van der Waals surface area contributed by atoms with Crippen LogP contribution in [-0.2, 0) is 4.79 Å². The van der Waals surface area contributed by atoms with E-state index in [9.17, 15) is 9.18 Å². The minimum absolute atomic E-state index is 0.238. The summed E-state index contributed by atoms with van der Waals surface area (Å²) in [6.07, 6.45) is 0. The molecule has 0 saturated heterocycles. The predicted molar refractivity (Wildman–Crippen MR) is 73.7 cm³/mol. The van der Waals surface area contributed by atoms with Crippen LogP contribution in [0.2, 0.25) is 5.02 Å². The topological polar surface area (TPSA) is 35.5 Å². The summed E-state index contributed by atoms with van der Waals surface area (Å²) in [7, 11) is 0. The van der Waals surface area contributed by atoms with Gasteiger partial charge in [0.2, 0.25) is 0 Å². The molecule has 104 valence electrons. The van der Waals surface area contributed by atoms with Gasteiger partial charge in [-0.1, -0.05) is 11.6 Å². The number of halogens is 2. The minimum Gasteiger partial charge on any atom is -0.482 e. The molecule has 0 N–H and O–H groups in total. The van der Waals surface area contributed by atoms with E-state index in [1.54, 1.807) is 18.2 Å². The van der Waals surface area contributed by atoms with Gasteiger partial charge in [0.15, 0.2) is 6.61 Å². The Kier molecular flexibility index (Phi) is 4.58. The maximum absolute atomic E-state index is 12.7. The van der Waals surface area contributed by atoms with Crippen molar-refractivity contribution >= 4 is 17.6 Å². The van der Waals surface area contributed by atoms with Gasteiger partial charge in [0, 0.05) is 5.02 Å². The summed E-state index contributed by atoms with van der Waals surface area (Å²) in [6.45, 7) is 1.60. The number of aryl methyl sites for hydroxylation is 1. The third-order valence-corrected chi connectivity index (χ3v) is 2.96. The van der Waals surface area contributed by atoms with Crippen LogP contribution in [0.5, 0.6) is 11.5 Å². The summed E-state index contributed by atoms with van der Waals surface area (Å²) in [6, 6.07) is 10.3. The second-order valence-corrected chi connectivity index (χ2v) is 4.53. The molecule has 0 aromatic heterocycles. The van der Waals surface area contributed by atoms with Crippen LogP contribution in [0, 0.1) is 12.7 Å². The lowest BCUT2D eigenvalue weighted by Crippen LogP contribution is -2.17. The van der Waals surface area contributed by atoms with Crippen molar-refractivity contribution in [2.45, 2.75) is 6.92 Å². The van der Waals surface area contributed by atoms with E-state index in [2.05, 4.69) is 0 Å². The van der Waals surface area contributed by atoms with Crippen molar-refractivity contribution in [2.24, 2.45) is 0 Å². The zero-order valence-corrected chi connectivity index (χ0v) is 11.5. The normalized spacial score (nSPS) is 10.2. The summed E-state index contributed by atoms with van der Waals surface area (Å²) in [5, 5.41) is 0.631. The Balaban J connectivity index is 1.88. The van der Waals surface area contributed by atoms with Crippen LogP contribution in [0.1, 0.15) is 5.56 Å². The highest BCUT2D eigenvalue weighted by Gasteiger charge is 2.07. The number of benzene rings is 2. The SMILES string of the molecule is Cc1cc(OCC(=O)Oc2ccc(F)cc2)ccc1Cl. The van der Waals surface area contributed by atoms with Crippen molar-refractivity contribution in [3.05, 3.63) is 58.9 Å². The highest BCUT2D eigenvalue weighted by molar-refractivity contribution is 6.31. The third-order valence-electron chi connectivity index (χ3n) is 2.53. The summed E-state index contributed by atoms with van der Waals surface area (Å²) in [5.41, 5.74) is 0.857. The lowest BCUT2D eigenvalue weighted by molar-refractivity contribution is -0.136. The first-order chi connectivity index (χ1) is 9.54. The predicted octanol–water partition coefficient (Wildman–Crippen LogP) is 3.77. The maximum Gasteiger partial charge on any atom is 0.349 e. The summed E-state index contributed by atoms with van der Waals surface area (Å²) < 4.78 is 23.0. The number of carbonyl (C=O) groups excluding carboxylic acids is 1. The molecular weight excluding hydrogens is 283 g/mol. The molecule has 2 aromatic carbocycles. The van der Waals surface area contributed by atoms with Crippen LogP contribution in [0.4, 0.5) is 4.39 Å². The molecule has 0 unspecified atom stereocenters. The summed E-state index contributed by atoms with van der Waals surface area (Å²) in [4.78, 5) is 11.6. The second kappa shape index (κ2) is 6.39. The third kappa shape index (κ3) is 3.96. The smallest absolute Gasteiger partial charge is 0.349 e. The van der Waals surface area contributed by atoms with E-state index in [0.717, 1.165) is 5.56 Å². The average Bonchev–Trinajstić information content (AvgIpc) is 2.43. The quantitative estimate of drug-likeness (QED) is 0.636. The van der Waals surface area contributed by atoms with Crippen molar-refractivity contribution in [1.82, 2.24) is 0 Å². The van der Waals surface area contributed by atoms with E-state index >= 15 is 0 Å². The van der Waals surface area contributed by atoms with Crippen molar-refractivity contribution < 1.29 is 18.7 Å². The fourth-order valence-corrected chi connectivity index (χ4v) is 1.63. The number of esters is 1. The van der Waals surface area contributed by atoms with Crippen LogP contribution in [0.15, 0.2) is 42.5 Å². The zero-order valence-electron chi connectivity index (χ0n) is 10.7. The van der Waals surface area contributed by atoms with Gasteiger partial charge in [0.05, 0.1) is 0 Å². The van der Waals surface area contributed by atoms with Gasteiger partial charge in [0.25, 0.3) is 0 Å². The Morgan fingerprint density at radius 1 is 1.15 bits per heavy atom. The van der Waals surface area contributed by atoms with E-state index in [0.29, 0.717) is 10.8 Å². The summed E-state index contributed by atoms with van der Waals surface area (Å²) in [5.74, 6) is -0.155. The number of carbonyl (C=O) groups is 1. The number of ether oxygens (including phenoxy) is 2. The van der Waals surface area contributed by atoms with Crippen LogP contribution < -0.4 is 9.47 Å². The molecule has 0 aliphatic carbocycles. The van der Waals surface area contributed by atoms with E-state index in [-0.39, 0.29) is 12.4 Å². The highest BCUT2D eigenvalue weighted by Crippen LogP contribution is 2.21. The first kappa shape index (κ1) is 14.3. The zero-order chi connectivity index (χ0) is 14.5. The fourth-order valence-electron chi connectivity index (χ4n) is 1.51. The van der Waals surface area contributed by atoms with Crippen molar-refractivity contribution in [1.29, 1.82) is 0 Å². The van der Waals surface area contributed by atoms with E-state index < -0.39 is 11.8 Å². The van der Waals surface area contributed by atoms with Crippen LogP contribution >= 0.6 is 11.6 Å². The molecule has 0 heterocycles. The Labute approximate surface area is 120 Å². The minimum atomic E-state index is -0.566. The van der Waals surface area contributed by atoms with Crippen molar-refractivity contribution in [2.75, 3.05) is 6.61 Å². The molecule has 0 spiro atoms. The molecular formula is C15H12ClFO3. The van der Waals surface area contributed by atoms with Gasteiger partial charge >= 0.3 is 5.97 Å². The maximum atomic E-state index is 12.7. The van der Waals surface area contributed by atoms with E-state index in [4.69, 9.17) is 21.1 Å². The molecule has 0 aliphatic heterocycles. The molecule has 0 fully saturated rings. The molecule has 3 nitrogen and oxygen atoms in total. The molecule has 0 aliphatic rings. The first-order valence-electron chi connectivity index (χ1n) is 5.90. The van der Waals surface area contributed by atoms with Gasteiger partial charge in [-0.25, -0.2) is 9.18 Å². The molecule has 2 aromatic rings. The molecule has 0 atom stereocenters. The van der Waals surface area contributed by atoms with Gasteiger partial charge in [-0.3, -0.25) is 0 Å². The van der Waals surface area contributed by atoms with Gasteiger partial charge in [-0.05, 0) is 55.0 Å². The van der Waals surface area contributed by atoms with Gasteiger partial charge in [-0.2, -0.15) is 0 Å². The number of rotatable bonds is 4. The molecule has 2 rings (SSSR count). The van der Waals surface area contributed by atoms with Crippen LogP contribution in [0.3, 0.4) is 0 Å². The van der Waals surface area contributed by atoms with Gasteiger partial charge < -0.3 is 9.47 Å². The second-order valence-electron chi connectivity index (χ2n) is 4.13. The Morgan fingerprint density at radius 2 is 1.80 bits per heavy atom. The van der Waals surface area contributed by atoms with Gasteiger partial charge in [0.1, 0.15) is 17.3 Å². The van der Waals surface area contributed by atoms with Crippen molar-refractivity contribution in [3.63, 3.8) is 0 Å². The molecule has 20 heavy (non-hydrogen) atoms. The largest absolute Gasteiger partial charge is 0.482 e. The number of hydrogen-bond acceptors (Lipinski definition) is 3. The lowest BCUT2D eigenvalue weighted by atomic mass is 10.2. The first-order valence-corrected chi connectivity index (χ1v) is 6.27. The average molecular weight is 295 g/mol. The lowest BCUT2D eigenvalue weighted by Gasteiger charge is -2.08. The van der Waals surface area contributed by atoms with Crippen molar-refractivity contribution in [3.8, 4) is 11.5 Å². The Hall–Kier alpha value is -2.07. The van der Waals surface area contributed by atoms with Gasteiger partial charge in [-0.15, -0.1) is 0 Å². The Bertz CT molecular complexity index is 611. The number of hydrogen-bond donors (Lipinski definition) is 0. The van der Waals surface area contributed by atoms with Crippen LogP contribution in [-0.4, -0.2) is 12.6 Å². The fraction of sp³-hybridized carbons (Fsp3) is 0.133. The molecule has 0 radical (unpaired) electrons. The summed E-state index contributed by atoms with van der Waals surface area (Å²) >= 11 is 5.89. The van der Waals surface area contributed by atoms with E-state index in [1.807, 2.05) is 6.92 Å².